The number of quaternary nitrogens is 1. The van der Waals surface area contributed by atoms with Gasteiger partial charge in [-0.3, -0.25) is 0 Å². The molecule has 0 N–H and O–H groups in total. The van der Waals surface area contributed by atoms with Gasteiger partial charge in [-0.25, -0.2) is 4.57 Å². The van der Waals surface area contributed by atoms with E-state index in [0.29, 0.717) is 0 Å². The second kappa shape index (κ2) is 10.1. The molecule has 2 aromatic heterocycles. The maximum Gasteiger partial charge on any atom is 0.169 e. The molecule has 1 aromatic carbocycles. The largest absolute Gasteiger partial charge is 1.00 e. The van der Waals surface area contributed by atoms with E-state index in [1.807, 2.05) is 0 Å². The summed E-state index contributed by atoms with van der Waals surface area (Å²) in [6, 6.07) is 13.2. The lowest BCUT2D eigenvalue weighted by Gasteiger charge is -2.22. The normalized spacial score (nSPS) is 11.1. The number of hydrogen-bond donors (Lipinski definition) is 0. The Morgan fingerprint density at radius 3 is 2.26 bits per heavy atom. The Morgan fingerprint density at radius 2 is 1.59 bits per heavy atom. The first-order chi connectivity index (χ1) is 11.9. The van der Waals surface area contributed by atoms with Crippen molar-refractivity contribution in [1.82, 2.24) is 4.57 Å². The summed E-state index contributed by atoms with van der Waals surface area (Å²) >= 11 is 0. The molecular formula is C22H31Cl2N3. The van der Waals surface area contributed by atoms with Gasteiger partial charge in [0.1, 0.15) is 0 Å². The molecule has 0 radical (unpaired) electrons. The van der Waals surface area contributed by atoms with Crippen LogP contribution in [-0.4, -0.2) is 36.7 Å². The highest BCUT2D eigenvalue weighted by Gasteiger charge is 2.10. The topological polar surface area (TPSA) is 8.81 Å². The highest BCUT2D eigenvalue weighted by Crippen LogP contribution is 2.21. The summed E-state index contributed by atoms with van der Waals surface area (Å²) < 4.78 is 5.57. The van der Waals surface area contributed by atoms with E-state index in [2.05, 4.69) is 92.3 Å². The van der Waals surface area contributed by atoms with Crippen LogP contribution in [0.2, 0.25) is 0 Å². The minimum atomic E-state index is 0. The van der Waals surface area contributed by atoms with Gasteiger partial charge >= 0.3 is 0 Å². The van der Waals surface area contributed by atoms with E-state index in [9.17, 15) is 0 Å². The van der Waals surface area contributed by atoms with Crippen LogP contribution in [0.3, 0.4) is 0 Å². The number of hydrogen-bond acceptors (Lipinski definition) is 0. The molecule has 3 rings (SSSR count). The number of fused-ring (bicyclic) bond motifs is 1. The minimum Gasteiger partial charge on any atom is -1.00 e. The van der Waals surface area contributed by atoms with Gasteiger partial charge in [0.05, 0.1) is 34.1 Å². The Balaban J connectivity index is 0.00000182. The molecular weight excluding hydrogens is 377 g/mol. The van der Waals surface area contributed by atoms with E-state index in [0.717, 1.165) is 23.9 Å². The third-order valence-corrected chi connectivity index (χ3v) is 4.87. The third-order valence-electron chi connectivity index (χ3n) is 4.87. The van der Waals surface area contributed by atoms with Gasteiger partial charge in [-0.2, -0.15) is 0 Å². The highest BCUT2D eigenvalue weighted by molar-refractivity contribution is 5.83. The molecule has 27 heavy (non-hydrogen) atoms. The monoisotopic (exact) mass is 407 g/mol. The van der Waals surface area contributed by atoms with E-state index in [1.165, 1.54) is 35.0 Å². The minimum absolute atomic E-state index is 0. The first kappa shape index (κ1) is 23.5. The van der Waals surface area contributed by atoms with Crippen LogP contribution in [-0.2, 0) is 26.4 Å². The van der Waals surface area contributed by atoms with Gasteiger partial charge in [0.2, 0.25) is 0 Å². The molecule has 5 heteroatoms. The molecule has 0 amide bonds. The predicted octanol–water partition coefficient (Wildman–Crippen LogP) is -2.64. The maximum absolute atomic E-state index is 2.30. The second-order valence-corrected chi connectivity index (χ2v) is 8.09. The molecule has 3 aromatic rings. The average molecular weight is 408 g/mol. The van der Waals surface area contributed by atoms with Crippen molar-refractivity contribution in [2.75, 3.05) is 27.7 Å². The Hall–Kier alpha value is -1.55. The second-order valence-electron chi connectivity index (χ2n) is 8.09. The summed E-state index contributed by atoms with van der Waals surface area (Å²) in [4.78, 5) is 0. The summed E-state index contributed by atoms with van der Waals surface area (Å²) in [7, 11) is 8.89. The van der Waals surface area contributed by atoms with Crippen molar-refractivity contribution in [2.24, 2.45) is 7.05 Å². The Morgan fingerprint density at radius 1 is 0.926 bits per heavy atom. The fourth-order valence-electron chi connectivity index (χ4n) is 3.44. The fraction of sp³-hybridized carbons (Fsp3) is 0.409. The van der Waals surface area contributed by atoms with E-state index < -0.39 is 0 Å². The lowest BCUT2D eigenvalue weighted by molar-refractivity contribution is -0.873. The number of aromatic nitrogens is 2. The van der Waals surface area contributed by atoms with Gasteiger partial charge < -0.3 is 33.9 Å². The van der Waals surface area contributed by atoms with Crippen LogP contribution < -0.4 is 29.4 Å². The quantitative estimate of drug-likeness (QED) is 0.299. The number of nitrogens with zero attached hydrogens (tertiary/aromatic N) is 3. The number of aryl methyl sites for hydroxylation is 4. The smallest absolute Gasteiger partial charge is 0.169 e. The molecule has 0 saturated carbocycles. The van der Waals surface area contributed by atoms with Crippen molar-refractivity contribution in [3.05, 3.63) is 66.1 Å². The summed E-state index contributed by atoms with van der Waals surface area (Å²) in [5, 5.41) is 1.39. The molecule has 0 aliphatic heterocycles. The Kier molecular flexibility index (Phi) is 8.80. The first-order valence-corrected chi connectivity index (χ1v) is 9.24. The van der Waals surface area contributed by atoms with Crippen LogP contribution in [0.1, 0.15) is 17.5 Å². The van der Waals surface area contributed by atoms with E-state index >= 15 is 0 Å². The molecule has 0 saturated heterocycles. The van der Waals surface area contributed by atoms with Gasteiger partial charge in [0.25, 0.3) is 0 Å². The molecule has 0 aliphatic carbocycles. The van der Waals surface area contributed by atoms with Gasteiger partial charge in [0.15, 0.2) is 18.9 Å². The Bertz CT molecular complexity index is 833. The van der Waals surface area contributed by atoms with Gasteiger partial charge in [-0.1, -0.05) is 18.2 Å². The zero-order valence-electron chi connectivity index (χ0n) is 16.8. The van der Waals surface area contributed by atoms with E-state index in [4.69, 9.17) is 0 Å². The molecule has 0 bridgehead atoms. The van der Waals surface area contributed by atoms with Gasteiger partial charge in [-0.15, -0.1) is 0 Å². The standard InChI is InChI=1S/C22H31N3.2ClH/c1-23-18-20(21-8-5-6-9-22(21)23)11-10-19-12-15-24(16-13-19)14-7-17-25(2,3)4;;/h5-6,8-9,12-13,15-16,18H,7,10-11,14,17H2,1-4H3;2*1H/q+2;;/p-2. The zero-order valence-corrected chi connectivity index (χ0v) is 18.3. The predicted molar refractivity (Wildman–Crippen MR) is 104 cm³/mol. The number of para-hydroxylation sites is 1. The van der Waals surface area contributed by atoms with Gasteiger partial charge in [0, 0.05) is 36.3 Å². The summed E-state index contributed by atoms with van der Waals surface area (Å²) in [6.45, 7) is 2.30. The van der Waals surface area contributed by atoms with E-state index in [-0.39, 0.29) is 24.8 Å². The van der Waals surface area contributed by atoms with Crippen molar-refractivity contribution in [1.29, 1.82) is 0 Å². The number of pyridine rings is 1. The molecule has 0 aliphatic rings. The number of rotatable bonds is 7. The van der Waals surface area contributed by atoms with Crippen LogP contribution in [0, 0.1) is 0 Å². The molecule has 148 valence electrons. The van der Waals surface area contributed by atoms with Crippen molar-refractivity contribution >= 4 is 10.9 Å². The molecule has 0 fully saturated rings. The average Bonchev–Trinajstić information content (AvgIpc) is 2.90. The van der Waals surface area contributed by atoms with Crippen LogP contribution in [0.25, 0.3) is 10.9 Å². The molecule has 0 atom stereocenters. The third kappa shape index (κ3) is 6.53. The summed E-state index contributed by atoms with van der Waals surface area (Å²) in [6.07, 6.45) is 10.1. The van der Waals surface area contributed by atoms with Crippen LogP contribution in [0.15, 0.2) is 55.0 Å². The number of benzene rings is 1. The van der Waals surface area contributed by atoms with Crippen molar-refractivity contribution < 1.29 is 33.9 Å². The Labute approximate surface area is 176 Å². The maximum atomic E-state index is 2.30. The summed E-state index contributed by atoms with van der Waals surface area (Å²) in [5.74, 6) is 0. The van der Waals surface area contributed by atoms with Crippen molar-refractivity contribution in [3.63, 3.8) is 0 Å². The molecule has 0 unspecified atom stereocenters. The zero-order chi connectivity index (χ0) is 17.9. The van der Waals surface area contributed by atoms with Crippen LogP contribution in [0.5, 0.6) is 0 Å². The SMILES string of the molecule is Cn1cc(CCc2cc[n+](CCC[N+](C)(C)C)cc2)c2ccccc21.[Cl-].[Cl-]. The lowest BCUT2D eigenvalue weighted by atomic mass is 10.0. The first-order valence-electron chi connectivity index (χ1n) is 9.24. The molecule has 3 nitrogen and oxygen atoms in total. The van der Waals surface area contributed by atoms with Crippen LogP contribution in [0.4, 0.5) is 0 Å². The van der Waals surface area contributed by atoms with Crippen molar-refractivity contribution in [2.45, 2.75) is 25.8 Å². The van der Waals surface area contributed by atoms with Gasteiger partial charge in [-0.05, 0) is 30.0 Å². The highest BCUT2D eigenvalue weighted by atomic mass is 35.5. The van der Waals surface area contributed by atoms with Crippen LogP contribution >= 0.6 is 0 Å². The number of halogens is 2. The fourth-order valence-corrected chi connectivity index (χ4v) is 3.44. The van der Waals surface area contributed by atoms with Crippen molar-refractivity contribution in [3.8, 4) is 0 Å². The molecule has 0 spiro atoms. The summed E-state index contributed by atoms with van der Waals surface area (Å²) in [5.41, 5.74) is 4.18. The lowest BCUT2D eigenvalue weighted by Crippen LogP contribution is -3.00. The molecule has 2 heterocycles. The van der Waals surface area contributed by atoms with E-state index in [1.54, 1.807) is 0 Å².